The highest BCUT2D eigenvalue weighted by Crippen LogP contribution is 2.59. The Labute approximate surface area is 198 Å². The van der Waals surface area contributed by atoms with E-state index in [9.17, 15) is 23.7 Å². The number of carbonyl (C=O) groups excluding carboxylic acids is 1. The van der Waals surface area contributed by atoms with Gasteiger partial charge in [-0.1, -0.05) is 69.0 Å². The molecule has 176 valence electrons. The van der Waals surface area contributed by atoms with Gasteiger partial charge in [0, 0.05) is 22.9 Å². The first-order valence-corrected chi connectivity index (χ1v) is 11.9. The van der Waals surface area contributed by atoms with Gasteiger partial charge in [-0.25, -0.2) is 9.18 Å². The SMILES string of the molecule is C=COC(=O)C(c1ccc(F)cc1)([P+](=O)O)C(O)(CC(C)C)c1ccc(-c2ccccc2)nc1. The average Bonchev–Trinajstić information content (AvgIpc) is 2.81. The number of carbonyl (C=O) groups is 1. The van der Waals surface area contributed by atoms with Crippen molar-refractivity contribution >= 4 is 14.0 Å². The van der Waals surface area contributed by atoms with E-state index in [1.807, 2.05) is 30.3 Å². The number of aromatic nitrogens is 1. The van der Waals surface area contributed by atoms with Crippen molar-refractivity contribution in [3.05, 3.63) is 103 Å². The Hall–Kier alpha value is -3.25. The number of nitrogens with zero attached hydrogens (tertiary/aromatic N) is 1. The number of ether oxygens (including phenoxy) is 1. The molecular formula is C26H26FNO5P+. The fraction of sp³-hybridized carbons (Fsp3) is 0.231. The fourth-order valence-electron chi connectivity index (χ4n) is 4.21. The molecule has 0 saturated heterocycles. The zero-order valence-electron chi connectivity index (χ0n) is 18.9. The number of esters is 1. The van der Waals surface area contributed by atoms with Crippen LogP contribution in [0.5, 0.6) is 0 Å². The minimum absolute atomic E-state index is 0.0698. The first-order valence-electron chi connectivity index (χ1n) is 10.7. The number of hydrogen-bond acceptors (Lipinski definition) is 5. The van der Waals surface area contributed by atoms with Gasteiger partial charge in [-0.2, -0.15) is 4.89 Å². The maximum atomic E-state index is 13.7. The summed E-state index contributed by atoms with van der Waals surface area (Å²) < 4.78 is 31.8. The van der Waals surface area contributed by atoms with E-state index < -0.39 is 30.6 Å². The van der Waals surface area contributed by atoms with Crippen LogP contribution in [0.1, 0.15) is 31.4 Å². The Kier molecular flexibility index (Phi) is 7.72. The molecule has 34 heavy (non-hydrogen) atoms. The predicted octanol–water partition coefficient (Wildman–Crippen LogP) is 5.44. The molecule has 0 aliphatic carbocycles. The molecule has 3 atom stereocenters. The molecule has 0 aliphatic rings. The highest BCUT2D eigenvalue weighted by Gasteiger charge is 2.73. The number of hydrogen-bond donors (Lipinski definition) is 2. The summed E-state index contributed by atoms with van der Waals surface area (Å²) in [6, 6.07) is 17.1. The molecule has 0 saturated carbocycles. The van der Waals surface area contributed by atoms with Crippen LogP contribution in [0, 0.1) is 11.7 Å². The number of aliphatic hydroxyl groups is 1. The van der Waals surface area contributed by atoms with Gasteiger partial charge >= 0.3 is 19.2 Å². The predicted molar refractivity (Wildman–Crippen MR) is 127 cm³/mol. The molecule has 2 aromatic carbocycles. The van der Waals surface area contributed by atoms with Crippen LogP contribution < -0.4 is 0 Å². The molecule has 0 amide bonds. The Balaban J connectivity index is 2.30. The summed E-state index contributed by atoms with van der Waals surface area (Å²) in [6.07, 6.45) is 2.11. The van der Waals surface area contributed by atoms with Gasteiger partial charge in [0.05, 0.1) is 12.0 Å². The van der Waals surface area contributed by atoms with E-state index in [1.54, 1.807) is 26.0 Å². The summed E-state index contributed by atoms with van der Waals surface area (Å²) in [5.74, 6) is -2.01. The van der Waals surface area contributed by atoms with Crippen LogP contribution in [0.4, 0.5) is 4.39 Å². The van der Waals surface area contributed by atoms with Crippen molar-refractivity contribution < 1.29 is 28.5 Å². The molecule has 0 fully saturated rings. The molecule has 3 unspecified atom stereocenters. The summed E-state index contributed by atoms with van der Waals surface area (Å²) in [6.45, 7) is 6.97. The van der Waals surface area contributed by atoms with Gasteiger partial charge in [0.1, 0.15) is 5.82 Å². The van der Waals surface area contributed by atoms with Gasteiger partial charge in [-0.15, -0.1) is 0 Å². The van der Waals surface area contributed by atoms with Crippen molar-refractivity contribution in [3.8, 4) is 11.3 Å². The van der Waals surface area contributed by atoms with Crippen LogP contribution in [-0.2, 0) is 24.9 Å². The molecule has 0 spiro atoms. The lowest BCUT2D eigenvalue weighted by Crippen LogP contribution is -2.53. The number of rotatable bonds is 9. The van der Waals surface area contributed by atoms with Gasteiger partial charge < -0.3 is 9.84 Å². The smallest absolute Gasteiger partial charge is 0.431 e. The summed E-state index contributed by atoms with van der Waals surface area (Å²) in [4.78, 5) is 28.4. The Morgan fingerprint density at radius 2 is 1.74 bits per heavy atom. The monoisotopic (exact) mass is 482 g/mol. The van der Waals surface area contributed by atoms with E-state index in [0.717, 1.165) is 24.0 Å². The Morgan fingerprint density at radius 1 is 1.12 bits per heavy atom. The average molecular weight is 482 g/mol. The number of pyridine rings is 1. The second-order valence-corrected chi connectivity index (χ2v) is 9.54. The van der Waals surface area contributed by atoms with Crippen molar-refractivity contribution in [2.45, 2.75) is 31.0 Å². The van der Waals surface area contributed by atoms with Crippen molar-refractivity contribution in [3.63, 3.8) is 0 Å². The maximum absolute atomic E-state index is 13.7. The number of benzene rings is 2. The molecule has 2 N–H and O–H groups in total. The quantitative estimate of drug-likeness (QED) is 0.240. The van der Waals surface area contributed by atoms with Crippen LogP contribution in [0.15, 0.2) is 85.8 Å². The molecule has 0 aliphatic heterocycles. The van der Waals surface area contributed by atoms with E-state index in [-0.39, 0.29) is 23.5 Å². The normalized spacial score (nSPS) is 15.2. The minimum atomic E-state index is -3.45. The van der Waals surface area contributed by atoms with Crippen LogP contribution >= 0.6 is 8.03 Å². The van der Waals surface area contributed by atoms with E-state index in [2.05, 4.69) is 11.6 Å². The zero-order chi connectivity index (χ0) is 24.9. The second-order valence-electron chi connectivity index (χ2n) is 8.32. The van der Waals surface area contributed by atoms with Gasteiger partial charge in [-0.3, -0.25) is 4.98 Å². The van der Waals surface area contributed by atoms with Crippen molar-refractivity contribution in [1.29, 1.82) is 0 Å². The third-order valence-electron chi connectivity index (χ3n) is 5.65. The summed E-state index contributed by atoms with van der Waals surface area (Å²) >= 11 is 0. The van der Waals surface area contributed by atoms with E-state index in [4.69, 9.17) is 4.74 Å². The van der Waals surface area contributed by atoms with E-state index >= 15 is 0 Å². The van der Waals surface area contributed by atoms with Crippen LogP contribution in [0.3, 0.4) is 0 Å². The minimum Gasteiger partial charge on any atom is -0.431 e. The summed E-state index contributed by atoms with van der Waals surface area (Å²) in [5.41, 5.74) is -0.705. The molecule has 1 aromatic heterocycles. The van der Waals surface area contributed by atoms with E-state index in [0.29, 0.717) is 5.69 Å². The van der Waals surface area contributed by atoms with Crippen molar-refractivity contribution in [2.24, 2.45) is 5.92 Å². The Morgan fingerprint density at radius 3 is 2.24 bits per heavy atom. The second kappa shape index (κ2) is 10.3. The van der Waals surface area contributed by atoms with Crippen LogP contribution in [0.25, 0.3) is 11.3 Å². The lowest BCUT2D eigenvalue weighted by molar-refractivity contribution is -0.153. The standard InChI is InChI=1S/C26H25FNO5P/c1-4-33-24(29)26(34(31)32,20-10-13-22(27)14-11-20)25(30,16-18(2)3)21-12-15-23(28-17-21)19-8-6-5-7-9-19/h4-15,17-18,30H,1,16H2,2-3H3/p+1. The van der Waals surface area contributed by atoms with Crippen molar-refractivity contribution in [2.75, 3.05) is 0 Å². The van der Waals surface area contributed by atoms with Gasteiger partial charge in [0.25, 0.3) is 0 Å². The highest BCUT2D eigenvalue weighted by molar-refractivity contribution is 7.41. The third kappa shape index (κ3) is 4.55. The Bertz CT molecular complexity index is 1170. The van der Waals surface area contributed by atoms with E-state index in [1.165, 1.54) is 18.3 Å². The van der Waals surface area contributed by atoms with Gasteiger partial charge in [0.15, 0.2) is 5.60 Å². The fourth-order valence-corrected chi connectivity index (χ4v) is 5.32. The topological polar surface area (TPSA) is 96.7 Å². The summed E-state index contributed by atoms with van der Waals surface area (Å²) in [5, 5.41) is 9.72. The molecule has 0 bridgehead atoms. The largest absolute Gasteiger partial charge is 0.532 e. The number of halogens is 1. The van der Waals surface area contributed by atoms with Crippen molar-refractivity contribution in [1.82, 2.24) is 4.98 Å². The van der Waals surface area contributed by atoms with Crippen LogP contribution in [0.2, 0.25) is 0 Å². The highest BCUT2D eigenvalue weighted by atomic mass is 31.1. The first-order chi connectivity index (χ1) is 16.2. The lowest BCUT2D eigenvalue weighted by Gasteiger charge is -2.38. The van der Waals surface area contributed by atoms with Crippen LogP contribution in [-0.4, -0.2) is 21.0 Å². The first kappa shape index (κ1) is 25.4. The molecule has 6 nitrogen and oxygen atoms in total. The molecular weight excluding hydrogens is 456 g/mol. The molecule has 3 rings (SSSR count). The van der Waals surface area contributed by atoms with Gasteiger partial charge in [-0.05, 0) is 35.1 Å². The molecule has 1 heterocycles. The maximum Gasteiger partial charge on any atom is 0.532 e. The zero-order valence-corrected chi connectivity index (χ0v) is 19.8. The summed E-state index contributed by atoms with van der Waals surface area (Å²) in [7, 11) is -3.45. The third-order valence-corrected chi connectivity index (χ3v) is 7.03. The molecule has 8 heteroatoms. The molecule has 0 radical (unpaired) electrons. The van der Waals surface area contributed by atoms with Gasteiger partial charge in [0.2, 0.25) is 0 Å². The lowest BCUT2D eigenvalue weighted by atomic mass is 9.72. The molecule has 3 aromatic rings.